The Bertz CT molecular complexity index is 7.51. The predicted molar refractivity (Wildman–Crippen MR) is 24.2 cm³/mol. The first-order valence-electron chi connectivity index (χ1n) is 1.00. The normalized spacial score (nSPS) is 1.00. The minimum atomic E-state index is 0. The van der Waals surface area contributed by atoms with Crippen molar-refractivity contribution in [2.45, 2.75) is 13.8 Å². The van der Waals surface area contributed by atoms with Crippen molar-refractivity contribution in [2.24, 2.45) is 0 Å². The summed E-state index contributed by atoms with van der Waals surface area (Å²) in [6.07, 6.45) is 0. The van der Waals surface area contributed by atoms with Crippen LogP contribution in [0.4, 0.5) is 0 Å². The van der Waals surface area contributed by atoms with E-state index >= 15 is 0 Å². The second kappa shape index (κ2) is 108. The van der Waals surface area contributed by atoms with Crippen LogP contribution in [0.5, 0.6) is 0 Å². The van der Waals surface area contributed by atoms with Crippen LogP contribution in [0.1, 0.15) is 13.8 Å². The predicted octanol–water partition coefficient (Wildman–Crippen LogP) is 1.92. The smallest absolute Gasteiger partial charge is 0 e. The van der Waals surface area contributed by atoms with Crippen LogP contribution in [0.3, 0.4) is 0 Å². The van der Waals surface area contributed by atoms with Gasteiger partial charge in [0.05, 0.1) is 0 Å². The van der Waals surface area contributed by atoms with Gasteiger partial charge in [-0.1, -0.05) is 13.8 Å². The summed E-state index contributed by atoms with van der Waals surface area (Å²) in [5.41, 5.74) is 0. The molecule has 41 valence electrons. The number of hydrogen-bond donors (Lipinski definition) is 0. The summed E-state index contributed by atoms with van der Waals surface area (Å²) < 4.78 is 0. The molecular formula is C4H12VW-2. The van der Waals surface area contributed by atoms with Gasteiger partial charge in [-0.15, -0.1) is 0 Å². The average Bonchev–Trinajstić information content (AvgIpc) is 1.00. The van der Waals surface area contributed by atoms with Crippen molar-refractivity contribution in [1.29, 1.82) is 0 Å². The van der Waals surface area contributed by atoms with Crippen LogP contribution in [0.25, 0.3) is 0 Å². The maximum absolute atomic E-state index is 2.00. The van der Waals surface area contributed by atoms with Gasteiger partial charge in [0.1, 0.15) is 0 Å². The van der Waals surface area contributed by atoms with E-state index in [0.29, 0.717) is 0 Å². The van der Waals surface area contributed by atoms with Crippen LogP contribution >= 0.6 is 0 Å². The summed E-state index contributed by atoms with van der Waals surface area (Å²) in [6, 6.07) is 0. The maximum Gasteiger partial charge on any atom is 0 e. The summed E-state index contributed by atoms with van der Waals surface area (Å²) in [7, 11) is 0. The molecule has 0 unspecified atom stereocenters. The van der Waals surface area contributed by atoms with Gasteiger partial charge in [-0.05, 0) is 0 Å². The van der Waals surface area contributed by atoms with E-state index in [-0.39, 0.29) is 54.5 Å². The fourth-order valence-corrected chi connectivity index (χ4v) is 0. The first-order chi connectivity index (χ1) is 1.00. The third-order valence-corrected chi connectivity index (χ3v) is 0. The molecule has 1 radical (unpaired) electrons. The van der Waals surface area contributed by atoms with Crippen LogP contribution in [-0.4, -0.2) is 0 Å². The summed E-state index contributed by atoms with van der Waals surface area (Å²) in [5, 5.41) is 0. The Kier molecular flexibility index (Phi) is 994. The Morgan fingerprint density at radius 3 is 0.833 bits per heavy atom. The van der Waals surface area contributed by atoms with Crippen molar-refractivity contribution < 1.29 is 39.6 Å². The van der Waals surface area contributed by atoms with Crippen molar-refractivity contribution in [3.8, 4) is 0 Å². The molecule has 0 rings (SSSR count). The largest absolute Gasteiger partial charge is 0.358 e. The fourth-order valence-electron chi connectivity index (χ4n) is 0. The van der Waals surface area contributed by atoms with Gasteiger partial charge in [0.2, 0.25) is 0 Å². The van der Waals surface area contributed by atoms with Crippen molar-refractivity contribution in [3.05, 3.63) is 14.9 Å². The van der Waals surface area contributed by atoms with Crippen molar-refractivity contribution >= 4 is 0 Å². The van der Waals surface area contributed by atoms with Gasteiger partial charge in [0.15, 0.2) is 0 Å². The van der Waals surface area contributed by atoms with Crippen LogP contribution < -0.4 is 0 Å². The van der Waals surface area contributed by atoms with Crippen molar-refractivity contribution in [1.82, 2.24) is 0 Å². The van der Waals surface area contributed by atoms with Crippen LogP contribution in [-0.2, 0) is 39.6 Å². The van der Waals surface area contributed by atoms with Gasteiger partial charge in [-0.3, -0.25) is 0 Å². The molecular weight excluding hydrogens is 283 g/mol. The third-order valence-electron chi connectivity index (χ3n) is 0. The van der Waals surface area contributed by atoms with Crippen molar-refractivity contribution in [2.75, 3.05) is 0 Å². The zero-order valence-corrected chi connectivity index (χ0v) is 9.19. The summed E-state index contributed by atoms with van der Waals surface area (Å²) in [4.78, 5) is 0. The Morgan fingerprint density at radius 1 is 0.833 bits per heavy atom. The molecule has 0 aromatic heterocycles. The molecule has 2 heteroatoms. The van der Waals surface area contributed by atoms with Crippen LogP contribution in [0, 0.1) is 14.9 Å². The van der Waals surface area contributed by atoms with Gasteiger partial charge < -0.3 is 14.9 Å². The van der Waals surface area contributed by atoms with E-state index < -0.39 is 0 Å². The van der Waals surface area contributed by atoms with Crippen LogP contribution in [0.15, 0.2) is 0 Å². The molecule has 0 atom stereocenters. The van der Waals surface area contributed by atoms with Gasteiger partial charge in [0.25, 0.3) is 0 Å². The summed E-state index contributed by atoms with van der Waals surface area (Å²) in [6.45, 7) is 4.00. The van der Waals surface area contributed by atoms with Crippen molar-refractivity contribution in [3.63, 3.8) is 0 Å². The molecule has 0 saturated heterocycles. The molecule has 0 aliphatic carbocycles. The van der Waals surface area contributed by atoms with E-state index in [9.17, 15) is 0 Å². The van der Waals surface area contributed by atoms with E-state index in [2.05, 4.69) is 0 Å². The van der Waals surface area contributed by atoms with Crippen LogP contribution in [0.2, 0.25) is 0 Å². The molecule has 0 aromatic rings. The number of hydrogen-bond acceptors (Lipinski definition) is 0. The molecule has 0 heterocycles. The fraction of sp³-hybridized carbons (Fsp3) is 0.500. The number of rotatable bonds is 0. The zero-order valence-electron chi connectivity index (χ0n) is 4.86. The molecule has 0 spiro atoms. The minimum absolute atomic E-state index is 0. The molecule has 0 aliphatic rings. The van der Waals surface area contributed by atoms with Gasteiger partial charge in [-0.25, -0.2) is 0 Å². The second-order valence-electron chi connectivity index (χ2n) is 0. The van der Waals surface area contributed by atoms with E-state index in [0.717, 1.165) is 0 Å². The average molecular weight is 295 g/mol. The standard InChI is InChI=1S/C2H6.2CH3.V.W/c1-2;;;;/h1-2H3;2*1H3;;/q;2*-1;;. The first kappa shape index (κ1) is 55.4. The van der Waals surface area contributed by atoms with E-state index in [4.69, 9.17) is 0 Å². The Balaban J connectivity index is -0.000000000833. The second-order valence-corrected chi connectivity index (χ2v) is 0. The van der Waals surface area contributed by atoms with Gasteiger partial charge in [-0.2, -0.15) is 0 Å². The topological polar surface area (TPSA) is 0 Å². The van der Waals surface area contributed by atoms with E-state index in [1.165, 1.54) is 0 Å². The molecule has 0 aromatic carbocycles. The molecule has 0 bridgehead atoms. The minimum Gasteiger partial charge on any atom is -0.358 e. The molecule has 0 nitrogen and oxygen atoms in total. The quantitative estimate of drug-likeness (QED) is 0.599. The maximum atomic E-state index is 2.00. The Labute approximate surface area is 68.2 Å². The summed E-state index contributed by atoms with van der Waals surface area (Å²) >= 11 is 0. The molecule has 6 heavy (non-hydrogen) atoms. The Hall–Kier alpha value is 1.27. The molecule has 0 aliphatic heterocycles. The molecule has 0 amide bonds. The van der Waals surface area contributed by atoms with E-state index in [1.807, 2.05) is 13.8 Å². The SMILES string of the molecule is CC.[CH3-].[CH3-].[V].[W]. The molecule has 0 saturated carbocycles. The zero-order chi connectivity index (χ0) is 2.00. The molecule has 0 fully saturated rings. The van der Waals surface area contributed by atoms with Gasteiger partial charge >= 0.3 is 0 Å². The van der Waals surface area contributed by atoms with E-state index in [1.54, 1.807) is 0 Å². The first-order valence-corrected chi connectivity index (χ1v) is 1.00. The monoisotopic (exact) mass is 295 g/mol. The summed E-state index contributed by atoms with van der Waals surface area (Å²) in [5.74, 6) is 0. The third kappa shape index (κ3) is 59.4. The molecule has 0 N–H and O–H groups in total. The Morgan fingerprint density at radius 2 is 0.833 bits per heavy atom. The van der Waals surface area contributed by atoms with Gasteiger partial charge in [0, 0.05) is 39.6 Å².